The topological polar surface area (TPSA) is 69.6 Å². The van der Waals surface area contributed by atoms with Crippen LogP contribution in [0.1, 0.15) is 36.5 Å². The summed E-state index contributed by atoms with van der Waals surface area (Å²) in [4.78, 5) is 12.3. The van der Waals surface area contributed by atoms with Crippen LogP contribution in [0.2, 0.25) is 0 Å². The fourth-order valence-corrected chi connectivity index (χ4v) is 3.11. The number of carbonyl (C=O) groups is 1. The smallest absolute Gasteiger partial charge is 0.266 e. The summed E-state index contributed by atoms with van der Waals surface area (Å²) in [6, 6.07) is 10.2. The zero-order chi connectivity index (χ0) is 16.1. The number of amides is 1. The number of anilines is 1. The minimum Gasteiger partial charge on any atom is -0.508 e. The third kappa shape index (κ3) is 2.12. The number of halogens is 1. The third-order valence-corrected chi connectivity index (χ3v) is 4.52. The first-order valence-corrected chi connectivity index (χ1v) is 7.80. The van der Waals surface area contributed by atoms with Crippen molar-refractivity contribution in [2.75, 3.05) is 5.32 Å². The lowest BCUT2D eigenvalue weighted by Crippen LogP contribution is -2.35. The fourth-order valence-electron chi connectivity index (χ4n) is 2.75. The maximum absolute atomic E-state index is 12.3. The second-order valence-corrected chi connectivity index (χ2v) is 6.70. The molecule has 1 heterocycles. The van der Waals surface area contributed by atoms with Gasteiger partial charge in [-0.05, 0) is 29.7 Å². The van der Waals surface area contributed by atoms with Crippen LogP contribution in [0.5, 0.6) is 5.75 Å². The number of benzene rings is 2. The molecule has 1 amide bonds. The van der Waals surface area contributed by atoms with E-state index in [0.29, 0.717) is 11.3 Å². The summed E-state index contributed by atoms with van der Waals surface area (Å²) in [6.07, 6.45) is 0. The molecule has 3 rings (SSSR count). The van der Waals surface area contributed by atoms with E-state index in [4.69, 9.17) is 0 Å². The summed E-state index contributed by atoms with van der Waals surface area (Å²) < 4.78 is 0.801. The number of hydrogen-bond acceptors (Lipinski definition) is 3. The van der Waals surface area contributed by atoms with E-state index in [-0.39, 0.29) is 17.2 Å². The SMILES string of the molecule is CC(C)c1ccc([C@]2(O)C(=O)Nc3cc(Br)ccc32)c(O)c1. The molecule has 114 valence electrons. The van der Waals surface area contributed by atoms with Gasteiger partial charge in [-0.15, -0.1) is 0 Å². The molecular weight excluding hydrogens is 346 g/mol. The zero-order valence-electron chi connectivity index (χ0n) is 12.2. The van der Waals surface area contributed by atoms with E-state index in [0.717, 1.165) is 10.0 Å². The molecule has 0 aromatic heterocycles. The Kier molecular flexibility index (Phi) is 3.50. The van der Waals surface area contributed by atoms with Crippen LogP contribution in [0.25, 0.3) is 0 Å². The largest absolute Gasteiger partial charge is 0.508 e. The van der Waals surface area contributed by atoms with Gasteiger partial charge >= 0.3 is 0 Å². The van der Waals surface area contributed by atoms with Gasteiger partial charge in [-0.3, -0.25) is 4.79 Å². The van der Waals surface area contributed by atoms with E-state index >= 15 is 0 Å². The van der Waals surface area contributed by atoms with Crippen molar-refractivity contribution >= 4 is 27.5 Å². The van der Waals surface area contributed by atoms with Crippen molar-refractivity contribution in [3.63, 3.8) is 0 Å². The Morgan fingerprint density at radius 2 is 1.82 bits per heavy atom. The van der Waals surface area contributed by atoms with Gasteiger partial charge in [-0.2, -0.15) is 0 Å². The van der Waals surface area contributed by atoms with Crippen molar-refractivity contribution in [3.8, 4) is 5.75 Å². The molecule has 1 aliphatic rings. The molecular formula is C17H16BrNO3. The number of aliphatic hydroxyl groups is 1. The van der Waals surface area contributed by atoms with Crippen LogP contribution in [0.15, 0.2) is 40.9 Å². The van der Waals surface area contributed by atoms with Gasteiger partial charge in [0.25, 0.3) is 5.91 Å². The Hall–Kier alpha value is -1.85. The molecule has 0 saturated heterocycles. The minimum atomic E-state index is -1.88. The van der Waals surface area contributed by atoms with Gasteiger partial charge in [0.15, 0.2) is 5.60 Å². The van der Waals surface area contributed by atoms with Crippen molar-refractivity contribution in [3.05, 3.63) is 57.6 Å². The van der Waals surface area contributed by atoms with Crippen molar-refractivity contribution in [1.82, 2.24) is 0 Å². The quantitative estimate of drug-likeness (QED) is 0.766. The van der Waals surface area contributed by atoms with Crippen LogP contribution in [0, 0.1) is 0 Å². The Morgan fingerprint density at radius 1 is 1.14 bits per heavy atom. The average Bonchev–Trinajstić information content (AvgIpc) is 2.70. The van der Waals surface area contributed by atoms with Crippen molar-refractivity contribution in [2.45, 2.75) is 25.4 Å². The zero-order valence-corrected chi connectivity index (χ0v) is 13.8. The summed E-state index contributed by atoms with van der Waals surface area (Å²) in [5.74, 6) is -0.400. The van der Waals surface area contributed by atoms with Crippen LogP contribution >= 0.6 is 15.9 Å². The van der Waals surface area contributed by atoms with Crippen LogP contribution in [-0.4, -0.2) is 16.1 Å². The van der Waals surface area contributed by atoms with E-state index in [1.54, 1.807) is 30.3 Å². The van der Waals surface area contributed by atoms with Crippen LogP contribution in [-0.2, 0) is 10.4 Å². The van der Waals surface area contributed by atoms with Crippen LogP contribution in [0.4, 0.5) is 5.69 Å². The molecule has 3 N–H and O–H groups in total. The van der Waals surface area contributed by atoms with Crippen molar-refractivity contribution in [1.29, 1.82) is 0 Å². The van der Waals surface area contributed by atoms with Crippen molar-refractivity contribution in [2.24, 2.45) is 0 Å². The Bertz CT molecular complexity index is 772. The summed E-state index contributed by atoms with van der Waals surface area (Å²) in [5, 5.41) is 24.0. The lowest BCUT2D eigenvalue weighted by Gasteiger charge is -2.23. The number of aromatic hydroxyl groups is 1. The highest BCUT2D eigenvalue weighted by Crippen LogP contribution is 2.45. The van der Waals surface area contributed by atoms with E-state index in [9.17, 15) is 15.0 Å². The molecule has 2 aromatic rings. The summed E-state index contributed by atoms with van der Waals surface area (Å²) in [7, 11) is 0. The average molecular weight is 362 g/mol. The first-order chi connectivity index (χ1) is 10.3. The van der Waals surface area contributed by atoms with E-state index in [2.05, 4.69) is 21.2 Å². The molecule has 0 spiro atoms. The van der Waals surface area contributed by atoms with Gasteiger partial charge in [0, 0.05) is 21.3 Å². The monoisotopic (exact) mass is 361 g/mol. The van der Waals surface area contributed by atoms with E-state index < -0.39 is 11.5 Å². The van der Waals surface area contributed by atoms with Crippen molar-refractivity contribution < 1.29 is 15.0 Å². The Labute approximate surface area is 136 Å². The molecule has 0 bridgehead atoms. The lowest BCUT2D eigenvalue weighted by atomic mass is 9.85. The lowest BCUT2D eigenvalue weighted by molar-refractivity contribution is -0.129. The molecule has 0 fully saturated rings. The number of fused-ring (bicyclic) bond motifs is 1. The first-order valence-electron chi connectivity index (χ1n) is 7.01. The Balaban J connectivity index is 2.17. The van der Waals surface area contributed by atoms with E-state index in [1.807, 2.05) is 19.9 Å². The van der Waals surface area contributed by atoms with Gasteiger partial charge in [-0.25, -0.2) is 0 Å². The summed E-state index contributed by atoms with van der Waals surface area (Å²) >= 11 is 3.34. The first kappa shape index (κ1) is 15.1. The van der Waals surface area contributed by atoms with Crippen LogP contribution < -0.4 is 5.32 Å². The minimum absolute atomic E-state index is 0.0837. The molecule has 0 unspecified atom stereocenters. The normalized spacial score (nSPS) is 20.1. The second-order valence-electron chi connectivity index (χ2n) is 5.79. The number of nitrogens with one attached hydrogen (secondary N) is 1. The highest BCUT2D eigenvalue weighted by Gasteiger charge is 2.48. The standard InChI is InChI=1S/C17H16BrNO3/c1-9(2)10-3-5-13(15(20)7-10)17(22)12-6-4-11(18)8-14(12)19-16(17)21/h3-9,20,22H,1-2H3,(H,19,21)/t17-/m0/s1. The molecule has 22 heavy (non-hydrogen) atoms. The predicted molar refractivity (Wildman–Crippen MR) is 88.0 cm³/mol. The van der Waals surface area contributed by atoms with Gasteiger partial charge in [0.2, 0.25) is 0 Å². The molecule has 0 saturated carbocycles. The maximum atomic E-state index is 12.3. The maximum Gasteiger partial charge on any atom is 0.266 e. The van der Waals surface area contributed by atoms with Gasteiger partial charge in [0.1, 0.15) is 5.75 Å². The Morgan fingerprint density at radius 3 is 2.45 bits per heavy atom. The second kappa shape index (κ2) is 5.11. The predicted octanol–water partition coefficient (Wildman–Crippen LogP) is 3.47. The van der Waals surface area contributed by atoms with Gasteiger partial charge < -0.3 is 15.5 Å². The molecule has 0 aliphatic carbocycles. The van der Waals surface area contributed by atoms with Gasteiger partial charge in [0.05, 0.1) is 0 Å². The van der Waals surface area contributed by atoms with Gasteiger partial charge in [-0.1, -0.05) is 48.0 Å². The number of rotatable bonds is 2. The number of phenols is 1. The highest BCUT2D eigenvalue weighted by molar-refractivity contribution is 9.10. The number of phenolic OH excluding ortho intramolecular Hbond substituents is 1. The number of carbonyl (C=O) groups excluding carboxylic acids is 1. The molecule has 1 aliphatic heterocycles. The molecule has 2 aromatic carbocycles. The number of hydrogen-bond donors (Lipinski definition) is 3. The molecule has 0 radical (unpaired) electrons. The molecule has 4 nitrogen and oxygen atoms in total. The highest BCUT2D eigenvalue weighted by atomic mass is 79.9. The van der Waals surface area contributed by atoms with E-state index in [1.165, 1.54) is 0 Å². The van der Waals surface area contributed by atoms with Crippen LogP contribution in [0.3, 0.4) is 0 Å². The molecule has 5 heteroatoms. The summed E-state index contributed by atoms with van der Waals surface area (Å²) in [5.41, 5.74) is 0.229. The molecule has 1 atom stereocenters. The summed E-state index contributed by atoms with van der Waals surface area (Å²) in [6.45, 7) is 4.02. The fraction of sp³-hybridized carbons (Fsp3) is 0.235. The third-order valence-electron chi connectivity index (χ3n) is 4.03.